The van der Waals surface area contributed by atoms with E-state index in [-0.39, 0.29) is 11.2 Å². The minimum atomic E-state index is -0.823. The van der Waals surface area contributed by atoms with Crippen LogP contribution in [0.15, 0.2) is 23.0 Å². The molecule has 0 heterocycles. The molecule has 1 aliphatic rings. The topological polar surface area (TPSA) is 101 Å². The predicted octanol–water partition coefficient (Wildman–Crippen LogP) is 4.83. The quantitative estimate of drug-likeness (QED) is 0.561. The van der Waals surface area contributed by atoms with Gasteiger partial charge >= 0.3 is 6.09 Å². The molecule has 200 valence electrons. The van der Waals surface area contributed by atoms with Crippen molar-refractivity contribution in [3.05, 3.63) is 45.1 Å². The molecule has 0 bridgehead atoms. The van der Waals surface area contributed by atoms with Crippen LogP contribution in [-0.2, 0) is 16.0 Å². The number of methoxy groups -OCH3 is 4. The normalized spacial score (nSPS) is 14.5. The molecule has 0 saturated carbocycles. The summed E-state index contributed by atoms with van der Waals surface area (Å²) >= 11 is 0. The molecule has 2 aromatic rings. The lowest BCUT2D eigenvalue weighted by Gasteiger charge is -2.31. The second-order valence-corrected chi connectivity index (χ2v) is 9.84. The number of fused-ring (bicyclic) bond motifs is 3. The average Bonchev–Trinajstić information content (AvgIpc) is 3.02. The van der Waals surface area contributed by atoms with Crippen molar-refractivity contribution in [2.24, 2.45) is 0 Å². The van der Waals surface area contributed by atoms with Crippen molar-refractivity contribution in [3.8, 4) is 34.1 Å². The molecule has 2 aromatic carbocycles. The van der Waals surface area contributed by atoms with Crippen LogP contribution in [0.1, 0.15) is 56.8 Å². The van der Waals surface area contributed by atoms with E-state index in [1.807, 2.05) is 12.1 Å². The van der Waals surface area contributed by atoms with E-state index in [2.05, 4.69) is 0 Å². The van der Waals surface area contributed by atoms with Crippen LogP contribution >= 0.6 is 0 Å². The number of aryl methyl sites for hydroxylation is 2. The number of rotatable bonds is 5. The molecule has 0 spiro atoms. The van der Waals surface area contributed by atoms with Crippen molar-refractivity contribution in [1.29, 1.82) is 0 Å². The van der Waals surface area contributed by atoms with Crippen LogP contribution < -0.4 is 24.4 Å². The largest absolute Gasteiger partial charge is 0.493 e. The van der Waals surface area contributed by atoms with E-state index < -0.39 is 23.6 Å². The fraction of sp³-hybridized carbons (Fsp3) is 0.464. The maximum absolute atomic E-state index is 13.3. The Hall–Kier alpha value is -3.75. The van der Waals surface area contributed by atoms with Gasteiger partial charge in [0.2, 0.25) is 17.1 Å². The van der Waals surface area contributed by atoms with Crippen LogP contribution in [0.4, 0.5) is 4.79 Å². The van der Waals surface area contributed by atoms with Gasteiger partial charge in [-0.3, -0.25) is 9.59 Å². The summed E-state index contributed by atoms with van der Waals surface area (Å²) in [4.78, 5) is 40.5. The number of imide groups is 1. The fourth-order valence-corrected chi connectivity index (χ4v) is 4.80. The highest BCUT2D eigenvalue weighted by Crippen LogP contribution is 2.51. The first kappa shape index (κ1) is 27.8. The zero-order valence-corrected chi connectivity index (χ0v) is 22.9. The van der Waals surface area contributed by atoms with Crippen LogP contribution in [0.2, 0.25) is 0 Å². The van der Waals surface area contributed by atoms with E-state index in [1.165, 1.54) is 41.4 Å². The predicted molar refractivity (Wildman–Crippen MR) is 139 cm³/mol. The molecule has 0 saturated heterocycles. The number of hydrogen-bond acceptors (Lipinski definition) is 8. The number of ether oxygens (including phenoxy) is 5. The van der Waals surface area contributed by atoms with Gasteiger partial charge in [-0.25, -0.2) is 9.69 Å². The summed E-state index contributed by atoms with van der Waals surface area (Å²) < 4.78 is 28.0. The second-order valence-electron chi connectivity index (χ2n) is 9.84. The molecule has 0 fully saturated rings. The Morgan fingerprint density at radius 3 is 2.05 bits per heavy atom. The van der Waals surface area contributed by atoms with E-state index in [0.29, 0.717) is 52.3 Å². The van der Waals surface area contributed by atoms with E-state index in [0.717, 1.165) is 10.5 Å². The average molecular weight is 514 g/mol. The first-order valence-corrected chi connectivity index (χ1v) is 12.0. The molecule has 0 radical (unpaired) electrons. The summed E-state index contributed by atoms with van der Waals surface area (Å²) in [6.07, 6.45) is 0.000561. The first-order chi connectivity index (χ1) is 17.4. The molecule has 3 rings (SSSR count). The molecule has 2 amide bonds. The summed E-state index contributed by atoms with van der Waals surface area (Å²) in [6, 6.07) is 4.30. The molecule has 0 unspecified atom stereocenters. The van der Waals surface area contributed by atoms with Gasteiger partial charge in [0, 0.05) is 12.5 Å². The van der Waals surface area contributed by atoms with Gasteiger partial charge in [0.15, 0.2) is 17.2 Å². The van der Waals surface area contributed by atoms with E-state index in [1.54, 1.807) is 27.7 Å². The number of carbonyl (C=O) groups is 2. The summed E-state index contributed by atoms with van der Waals surface area (Å²) in [5.74, 6) is 0.956. The molecule has 0 aliphatic heterocycles. The summed E-state index contributed by atoms with van der Waals surface area (Å²) in [5.41, 5.74) is 2.01. The molecule has 0 aromatic heterocycles. The minimum absolute atomic E-state index is 0.166. The fourth-order valence-electron chi connectivity index (χ4n) is 4.80. The van der Waals surface area contributed by atoms with Gasteiger partial charge in [-0.2, -0.15) is 0 Å². The lowest BCUT2D eigenvalue weighted by molar-refractivity contribution is -0.130. The smallest absolute Gasteiger partial charge is 0.417 e. The van der Waals surface area contributed by atoms with E-state index in [9.17, 15) is 14.4 Å². The van der Waals surface area contributed by atoms with Gasteiger partial charge in [-0.15, -0.1) is 0 Å². The molecule has 0 N–H and O–H groups in total. The Balaban J connectivity index is 2.45. The van der Waals surface area contributed by atoms with Gasteiger partial charge in [0.1, 0.15) is 5.60 Å². The highest BCUT2D eigenvalue weighted by Gasteiger charge is 2.37. The molecule has 37 heavy (non-hydrogen) atoms. The van der Waals surface area contributed by atoms with Gasteiger partial charge < -0.3 is 23.7 Å². The molecular weight excluding hydrogens is 478 g/mol. The maximum Gasteiger partial charge on any atom is 0.417 e. The molecule has 9 nitrogen and oxygen atoms in total. The molecular formula is C28H35NO8. The highest BCUT2D eigenvalue weighted by molar-refractivity contribution is 5.92. The SMILES string of the molecule is COc1cc2c(c(OC)c1OC)-c1cc(C)c(OC)c(=O)cc1[C@@H](N(C(C)=O)C(=O)OC(C)(C)C)CC2. The van der Waals surface area contributed by atoms with Gasteiger partial charge in [0.25, 0.3) is 0 Å². The van der Waals surface area contributed by atoms with Gasteiger partial charge in [-0.1, -0.05) is 0 Å². The highest BCUT2D eigenvalue weighted by atomic mass is 16.6. The third-order valence-corrected chi connectivity index (χ3v) is 6.21. The van der Waals surface area contributed by atoms with Crippen LogP contribution in [0.5, 0.6) is 23.0 Å². The monoisotopic (exact) mass is 513 g/mol. The van der Waals surface area contributed by atoms with Crippen LogP contribution in [0.25, 0.3) is 11.1 Å². The van der Waals surface area contributed by atoms with Crippen molar-refractivity contribution in [1.82, 2.24) is 4.90 Å². The summed E-state index contributed by atoms with van der Waals surface area (Å²) in [5, 5.41) is 0. The van der Waals surface area contributed by atoms with Crippen molar-refractivity contribution >= 4 is 12.0 Å². The molecule has 1 aliphatic carbocycles. The standard InChI is InChI=1S/C28H35NO8/c1-15-12-19-18(14-21(31)24(15)34-7)20(29(16(2)30)27(32)37-28(3,4)5)11-10-17-13-22(33-6)25(35-8)26(36-9)23(17)19/h12-14,20H,10-11H2,1-9H3/t20-/m0/s1. The van der Waals surface area contributed by atoms with Crippen molar-refractivity contribution < 1.29 is 33.3 Å². The third kappa shape index (κ3) is 5.35. The number of nitrogens with zero attached hydrogens (tertiary/aromatic N) is 1. The van der Waals surface area contributed by atoms with Gasteiger partial charge in [0.05, 0.1) is 34.5 Å². The van der Waals surface area contributed by atoms with Crippen molar-refractivity contribution in [2.75, 3.05) is 28.4 Å². The number of amides is 2. The summed E-state index contributed by atoms with van der Waals surface area (Å²) in [7, 11) is 6.01. The van der Waals surface area contributed by atoms with Crippen LogP contribution in [0.3, 0.4) is 0 Å². The van der Waals surface area contributed by atoms with E-state index in [4.69, 9.17) is 23.7 Å². The maximum atomic E-state index is 13.3. The molecule has 9 heteroatoms. The number of hydrogen-bond donors (Lipinski definition) is 0. The Bertz CT molecular complexity index is 1280. The lowest BCUT2D eigenvalue weighted by atomic mass is 9.94. The van der Waals surface area contributed by atoms with Crippen molar-refractivity contribution in [2.45, 2.75) is 59.1 Å². The number of benzene rings is 1. The number of carbonyl (C=O) groups excluding carboxylic acids is 2. The Morgan fingerprint density at radius 2 is 1.54 bits per heavy atom. The van der Waals surface area contributed by atoms with Crippen molar-refractivity contribution in [3.63, 3.8) is 0 Å². The lowest BCUT2D eigenvalue weighted by Crippen LogP contribution is -2.42. The van der Waals surface area contributed by atoms with Crippen LogP contribution in [0, 0.1) is 6.92 Å². The zero-order valence-electron chi connectivity index (χ0n) is 22.9. The molecule has 1 atom stereocenters. The van der Waals surface area contributed by atoms with Crippen LogP contribution in [-0.4, -0.2) is 50.9 Å². The Morgan fingerprint density at radius 1 is 0.919 bits per heavy atom. The van der Waals surface area contributed by atoms with E-state index >= 15 is 0 Å². The third-order valence-electron chi connectivity index (χ3n) is 6.21. The second kappa shape index (κ2) is 10.7. The Labute approximate surface area is 217 Å². The Kier molecular flexibility index (Phi) is 8.05. The summed E-state index contributed by atoms with van der Waals surface area (Å²) in [6.45, 7) is 8.26. The first-order valence-electron chi connectivity index (χ1n) is 12.0. The zero-order chi connectivity index (χ0) is 27.7. The van der Waals surface area contributed by atoms with Gasteiger partial charge in [-0.05, 0) is 81.0 Å². The minimum Gasteiger partial charge on any atom is -0.493 e.